The van der Waals surface area contributed by atoms with Crippen LogP contribution in [0.4, 0.5) is 0 Å². The van der Waals surface area contributed by atoms with Crippen molar-refractivity contribution in [1.29, 1.82) is 0 Å². The molecule has 0 bridgehead atoms. The predicted molar refractivity (Wildman–Crippen MR) is 70.6 cm³/mol. The first-order chi connectivity index (χ1) is 8.81. The number of hydrogen-bond donors (Lipinski definition) is 3. The van der Waals surface area contributed by atoms with Crippen molar-refractivity contribution in [1.82, 2.24) is 14.5 Å². The summed E-state index contributed by atoms with van der Waals surface area (Å²) in [5, 5.41) is 15.0. The number of rotatable bonds is 6. The van der Waals surface area contributed by atoms with Crippen LogP contribution in [-0.4, -0.2) is 35.3 Å². The number of nitrogens with two attached hydrogens (primary N) is 1. The molecule has 1 rings (SSSR count). The lowest BCUT2D eigenvalue weighted by molar-refractivity contribution is 0.316. The van der Waals surface area contributed by atoms with Gasteiger partial charge in [-0.3, -0.25) is 4.68 Å². The summed E-state index contributed by atoms with van der Waals surface area (Å²) in [4.78, 5) is 0. The minimum absolute atomic E-state index is 0.0358. The molecule has 19 heavy (non-hydrogen) atoms. The second-order valence-electron chi connectivity index (χ2n) is 3.94. The van der Waals surface area contributed by atoms with Crippen LogP contribution in [0.25, 0.3) is 0 Å². The average molecular weight is 310 g/mol. The van der Waals surface area contributed by atoms with E-state index in [1.807, 2.05) is 0 Å². The van der Waals surface area contributed by atoms with Gasteiger partial charge >= 0.3 is 0 Å². The Balaban J connectivity index is 2.96. The van der Waals surface area contributed by atoms with Gasteiger partial charge in [-0.1, -0.05) is 23.7 Å². The number of amidine groups is 1. The van der Waals surface area contributed by atoms with E-state index in [4.69, 9.17) is 22.5 Å². The molecule has 0 spiro atoms. The van der Waals surface area contributed by atoms with E-state index in [0.717, 1.165) is 0 Å². The summed E-state index contributed by atoms with van der Waals surface area (Å²) in [5.41, 5.74) is 5.37. The average Bonchev–Trinajstić information content (AvgIpc) is 2.68. The Morgan fingerprint density at radius 3 is 2.79 bits per heavy atom. The summed E-state index contributed by atoms with van der Waals surface area (Å²) in [5.74, 6) is -0.0503. The summed E-state index contributed by atoms with van der Waals surface area (Å²) < 4.78 is 28.0. The number of oxime groups is 1. The highest BCUT2D eigenvalue weighted by Gasteiger charge is 2.25. The number of aromatic nitrogens is 2. The molecule has 0 fully saturated rings. The van der Waals surface area contributed by atoms with Crippen LogP contribution in [0.15, 0.2) is 16.4 Å². The van der Waals surface area contributed by atoms with Gasteiger partial charge in [0.1, 0.15) is 5.84 Å². The summed E-state index contributed by atoms with van der Waals surface area (Å²) in [6.07, 6.45) is 1.83. The normalized spacial score (nSPS) is 14.6. The third kappa shape index (κ3) is 3.82. The Bertz CT molecular complexity index is 549. The van der Waals surface area contributed by atoms with Gasteiger partial charge in [0.15, 0.2) is 5.03 Å². The Morgan fingerprint density at radius 1 is 1.74 bits per heavy atom. The van der Waals surface area contributed by atoms with Gasteiger partial charge in [0.25, 0.3) is 10.0 Å². The molecule has 8 nitrogen and oxygen atoms in total. The fraction of sp³-hybridized carbons (Fsp3) is 0.556. The van der Waals surface area contributed by atoms with E-state index in [9.17, 15) is 8.42 Å². The van der Waals surface area contributed by atoms with Crippen LogP contribution in [0, 0.1) is 0 Å². The minimum atomic E-state index is -3.82. The molecular weight excluding hydrogens is 294 g/mol. The molecule has 0 saturated carbocycles. The zero-order valence-electron chi connectivity index (χ0n) is 10.5. The highest BCUT2D eigenvalue weighted by molar-refractivity contribution is 7.89. The minimum Gasteiger partial charge on any atom is -0.409 e. The van der Waals surface area contributed by atoms with Crippen molar-refractivity contribution >= 4 is 27.5 Å². The highest BCUT2D eigenvalue weighted by atomic mass is 35.5. The van der Waals surface area contributed by atoms with Gasteiger partial charge in [-0.05, 0) is 6.42 Å². The van der Waals surface area contributed by atoms with Crippen LogP contribution in [0.2, 0.25) is 5.02 Å². The molecular formula is C9H16ClN5O3S. The van der Waals surface area contributed by atoms with E-state index < -0.39 is 16.1 Å². The summed E-state index contributed by atoms with van der Waals surface area (Å²) in [7, 11) is -2.34. The lowest BCUT2D eigenvalue weighted by atomic mass is 10.1. The van der Waals surface area contributed by atoms with E-state index in [2.05, 4.69) is 15.0 Å². The third-order valence-corrected chi connectivity index (χ3v) is 4.52. The van der Waals surface area contributed by atoms with Crippen LogP contribution in [0.5, 0.6) is 0 Å². The molecule has 1 aromatic rings. The lowest BCUT2D eigenvalue weighted by Crippen LogP contribution is -2.38. The van der Waals surface area contributed by atoms with Crippen molar-refractivity contribution in [2.24, 2.45) is 17.9 Å². The summed E-state index contributed by atoms with van der Waals surface area (Å²) >= 11 is 5.80. The van der Waals surface area contributed by atoms with Crippen molar-refractivity contribution in [3.05, 3.63) is 11.2 Å². The monoisotopic (exact) mass is 309 g/mol. The number of nitrogens with zero attached hydrogens (tertiary/aromatic N) is 3. The smallest absolute Gasteiger partial charge is 0.259 e. The number of nitrogens with one attached hydrogen (secondary N) is 1. The number of sulfonamides is 1. The Labute approximate surface area is 116 Å². The van der Waals surface area contributed by atoms with Crippen LogP contribution in [-0.2, 0) is 17.1 Å². The first-order valence-electron chi connectivity index (χ1n) is 5.48. The predicted octanol–water partition coefficient (Wildman–Crippen LogP) is 0.267. The second-order valence-corrected chi connectivity index (χ2v) is 5.98. The number of halogens is 1. The van der Waals surface area contributed by atoms with E-state index in [1.165, 1.54) is 17.9 Å². The Morgan fingerprint density at radius 2 is 2.37 bits per heavy atom. The van der Waals surface area contributed by atoms with Crippen LogP contribution >= 0.6 is 11.6 Å². The quantitative estimate of drug-likeness (QED) is 0.301. The van der Waals surface area contributed by atoms with Crippen molar-refractivity contribution in [3.63, 3.8) is 0 Å². The fourth-order valence-electron chi connectivity index (χ4n) is 1.54. The molecule has 4 N–H and O–H groups in total. The maximum absolute atomic E-state index is 12.2. The number of aryl methyl sites for hydroxylation is 1. The van der Waals surface area contributed by atoms with Gasteiger partial charge in [-0.25, -0.2) is 13.1 Å². The maximum atomic E-state index is 12.2. The second kappa shape index (κ2) is 6.22. The molecule has 0 aliphatic carbocycles. The molecule has 0 aromatic carbocycles. The van der Waals surface area contributed by atoms with Crippen LogP contribution in [0.3, 0.4) is 0 Å². The lowest BCUT2D eigenvalue weighted by Gasteiger charge is -2.16. The zero-order valence-corrected chi connectivity index (χ0v) is 12.1. The molecule has 1 unspecified atom stereocenters. The van der Waals surface area contributed by atoms with Gasteiger partial charge < -0.3 is 10.9 Å². The largest absolute Gasteiger partial charge is 0.409 e. The molecule has 0 aliphatic heterocycles. The zero-order chi connectivity index (χ0) is 14.6. The maximum Gasteiger partial charge on any atom is 0.259 e. The molecule has 1 heterocycles. The highest BCUT2D eigenvalue weighted by Crippen LogP contribution is 2.20. The van der Waals surface area contributed by atoms with E-state index in [1.54, 1.807) is 6.92 Å². The van der Waals surface area contributed by atoms with Gasteiger partial charge in [0.05, 0.1) is 11.2 Å². The van der Waals surface area contributed by atoms with E-state index in [-0.39, 0.29) is 22.3 Å². The Kier molecular flexibility index (Phi) is 5.15. The summed E-state index contributed by atoms with van der Waals surface area (Å²) in [6.45, 7) is 1.78. The molecule has 0 amide bonds. The Hall–Kier alpha value is -1.32. The first-order valence-corrected chi connectivity index (χ1v) is 7.34. The van der Waals surface area contributed by atoms with Crippen molar-refractivity contribution in [2.45, 2.75) is 30.8 Å². The van der Waals surface area contributed by atoms with Gasteiger partial charge in [0.2, 0.25) is 0 Å². The standard InChI is InChI=1S/C9H16ClN5O3S/c1-3-6(4-8(11)13-16)14-19(17,18)9-7(10)5-12-15(9)2/h5-6,14,16H,3-4H2,1-2H3,(H2,11,13). The molecule has 10 heteroatoms. The molecule has 1 aromatic heterocycles. The topological polar surface area (TPSA) is 123 Å². The molecule has 108 valence electrons. The molecule has 0 radical (unpaired) electrons. The third-order valence-electron chi connectivity index (χ3n) is 2.50. The number of hydrogen-bond acceptors (Lipinski definition) is 5. The van der Waals surface area contributed by atoms with Crippen molar-refractivity contribution in [2.75, 3.05) is 0 Å². The fourth-order valence-corrected chi connectivity index (χ4v) is 3.52. The van der Waals surface area contributed by atoms with Crippen molar-refractivity contribution in [3.8, 4) is 0 Å². The first kappa shape index (κ1) is 15.7. The van der Waals surface area contributed by atoms with Crippen LogP contribution in [0.1, 0.15) is 19.8 Å². The molecule has 1 atom stereocenters. The van der Waals surface area contributed by atoms with E-state index >= 15 is 0 Å². The van der Waals surface area contributed by atoms with E-state index in [0.29, 0.717) is 6.42 Å². The summed E-state index contributed by atoms with van der Waals surface area (Å²) in [6, 6.07) is -0.494. The van der Waals surface area contributed by atoms with Gasteiger partial charge in [-0.2, -0.15) is 5.10 Å². The van der Waals surface area contributed by atoms with Crippen molar-refractivity contribution < 1.29 is 13.6 Å². The van der Waals surface area contributed by atoms with Gasteiger partial charge in [0, 0.05) is 19.5 Å². The van der Waals surface area contributed by atoms with Crippen LogP contribution < -0.4 is 10.5 Å². The van der Waals surface area contributed by atoms with Gasteiger partial charge in [-0.15, -0.1) is 0 Å². The SMILES string of the molecule is CCC(CC(N)=NO)NS(=O)(=O)c1c(Cl)cnn1C. The molecule has 0 aliphatic rings. The molecule has 0 saturated heterocycles.